The molecule has 2 N–H and O–H groups in total. The van der Waals surface area contributed by atoms with E-state index in [-0.39, 0.29) is 22.2 Å². The highest BCUT2D eigenvalue weighted by Crippen LogP contribution is 2.41. The zero-order chi connectivity index (χ0) is 22.9. The second kappa shape index (κ2) is 8.56. The number of ether oxygens (including phenoxy) is 1. The number of carbonyl (C=O) groups excluding carboxylic acids is 1. The van der Waals surface area contributed by atoms with Crippen molar-refractivity contribution in [2.75, 3.05) is 0 Å². The Labute approximate surface area is 189 Å². The van der Waals surface area contributed by atoms with Crippen LogP contribution in [-0.4, -0.2) is 24.9 Å². The minimum Gasteiger partial charge on any atom is -0.490 e. The van der Waals surface area contributed by atoms with Gasteiger partial charge in [-0.2, -0.15) is 0 Å². The van der Waals surface area contributed by atoms with Crippen LogP contribution in [0.3, 0.4) is 0 Å². The maximum absolute atomic E-state index is 12.9. The molecule has 0 amide bonds. The summed E-state index contributed by atoms with van der Waals surface area (Å²) in [5.74, 6) is 0.984. The molecule has 1 atom stereocenters. The van der Waals surface area contributed by atoms with Crippen molar-refractivity contribution < 1.29 is 17.9 Å². The monoisotopic (exact) mass is 452 g/mol. The number of sulfonamides is 1. The first-order valence-electron chi connectivity index (χ1n) is 10.8. The maximum Gasteiger partial charge on any atom is 0.238 e. The molecule has 0 aliphatic carbocycles. The predicted octanol–water partition coefficient (Wildman–Crippen LogP) is 4.61. The number of carbonyl (C=O) groups is 1. The summed E-state index contributed by atoms with van der Waals surface area (Å²) in [6, 6.07) is 17.9. The van der Waals surface area contributed by atoms with E-state index in [9.17, 15) is 13.2 Å². The number of nitrogens with zero attached hydrogens (tertiary/aromatic N) is 1. The summed E-state index contributed by atoms with van der Waals surface area (Å²) >= 11 is 0. The molecule has 0 saturated carbocycles. The number of fused-ring (bicyclic) bond motifs is 1. The molecule has 4 rings (SSSR count). The van der Waals surface area contributed by atoms with Crippen molar-refractivity contribution in [1.82, 2.24) is 4.57 Å². The van der Waals surface area contributed by atoms with Crippen molar-refractivity contribution in [3.63, 3.8) is 0 Å². The van der Waals surface area contributed by atoms with Crippen LogP contribution in [-0.2, 0) is 15.4 Å². The smallest absolute Gasteiger partial charge is 0.238 e. The summed E-state index contributed by atoms with van der Waals surface area (Å²) in [7, 11) is -3.75. The Morgan fingerprint density at radius 3 is 2.53 bits per heavy atom. The molecule has 0 spiro atoms. The summed E-state index contributed by atoms with van der Waals surface area (Å²) in [4.78, 5) is 13.0. The van der Waals surface area contributed by atoms with Gasteiger partial charge in [-0.1, -0.05) is 32.0 Å². The summed E-state index contributed by atoms with van der Waals surface area (Å²) in [5, 5.41) is 5.16. The van der Waals surface area contributed by atoms with E-state index in [1.165, 1.54) is 17.7 Å². The molecule has 6 nitrogen and oxygen atoms in total. The van der Waals surface area contributed by atoms with Crippen LogP contribution in [0.5, 0.6) is 5.75 Å². The minimum atomic E-state index is -3.75. The van der Waals surface area contributed by atoms with Gasteiger partial charge in [0.2, 0.25) is 10.0 Å². The van der Waals surface area contributed by atoms with Crippen LogP contribution < -0.4 is 9.88 Å². The fourth-order valence-electron chi connectivity index (χ4n) is 4.44. The molecule has 32 heavy (non-hydrogen) atoms. The minimum absolute atomic E-state index is 0.0401. The molecule has 0 bridgehead atoms. The second-order valence-electron chi connectivity index (χ2n) is 8.94. The molecule has 1 aromatic heterocycles. The molecule has 1 unspecified atom stereocenters. The highest BCUT2D eigenvalue weighted by Gasteiger charge is 2.33. The first-order chi connectivity index (χ1) is 15.1. The molecule has 1 aliphatic heterocycles. The number of benzene rings is 2. The summed E-state index contributed by atoms with van der Waals surface area (Å²) in [5.41, 5.74) is 2.56. The van der Waals surface area contributed by atoms with Gasteiger partial charge in [0.05, 0.1) is 16.7 Å². The molecule has 2 aromatic carbocycles. The number of Topliss-reactive ketones (excluding diaryl/α,β-unsaturated/α-hetero) is 1. The van der Waals surface area contributed by atoms with E-state index in [4.69, 9.17) is 9.88 Å². The number of para-hydroxylation sites is 1. The predicted molar refractivity (Wildman–Crippen MR) is 124 cm³/mol. The fourth-order valence-corrected chi connectivity index (χ4v) is 4.95. The van der Waals surface area contributed by atoms with Crippen molar-refractivity contribution in [3.05, 3.63) is 78.1 Å². The molecule has 3 aromatic rings. The zero-order valence-corrected chi connectivity index (χ0v) is 19.1. The number of nitrogens with two attached hydrogens (primary N) is 1. The zero-order valence-electron chi connectivity index (χ0n) is 18.3. The summed E-state index contributed by atoms with van der Waals surface area (Å²) in [6.07, 6.45) is 4.77. The van der Waals surface area contributed by atoms with E-state index < -0.39 is 10.0 Å². The number of aromatic nitrogens is 1. The van der Waals surface area contributed by atoms with Gasteiger partial charge in [-0.15, -0.1) is 0 Å². The Balaban J connectivity index is 1.40. The summed E-state index contributed by atoms with van der Waals surface area (Å²) < 4.78 is 30.9. The lowest BCUT2D eigenvalue weighted by atomic mass is 9.76. The highest BCUT2D eigenvalue weighted by atomic mass is 32.2. The molecular weight excluding hydrogens is 424 g/mol. The number of ketones is 1. The van der Waals surface area contributed by atoms with E-state index in [0.29, 0.717) is 17.8 Å². The maximum atomic E-state index is 12.9. The normalized spacial score (nSPS) is 17.4. The first kappa shape index (κ1) is 22.3. The van der Waals surface area contributed by atoms with E-state index >= 15 is 0 Å². The highest BCUT2D eigenvalue weighted by molar-refractivity contribution is 7.89. The van der Waals surface area contributed by atoms with Crippen molar-refractivity contribution in [1.29, 1.82) is 0 Å². The van der Waals surface area contributed by atoms with Gasteiger partial charge in [0, 0.05) is 18.3 Å². The Morgan fingerprint density at radius 1 is 1.09 bits per heavy atom. The third kappa shape index (κ3) is 4.64. The van der Waals surface area contributed by atoms with Crippen LogP contribution in [0.15, 0.2) is 71.8 Å². The molecule has 2 heterocycles. The standard InChI is InChI=1S/C25H28N2O4S/c1-25(2)17-19(31-24-11-4-3-8-21(24)25)7-5-10-23(28)22-9-6-16-27(22)18-12-14-20(15-13-18)32(26,29)30/h3-4,6,8-9,11-16,19H,5,7,10,17H2,1-2H3,(H2,26,29,30). The van der Waals surface area contributed by atoms with Crippen LogP contribution in [0.2, 0.25) is 0 Å². The second-order valence-corrected chi connectivity index (χ2v) is 10.5. The Morgan fingerprint density at radius 2 is 1.81 bits per heavy atom. The Kier molecular flexibility index (Phi) is 5.97. The molecule has 7 heteroatoms. The molecule has 0 radical (unpaired) electrons. The quantitative estimate of drug-likeness (QED) is 0.530. The van der Waals surface area contributed by atoms with Crippen molar-refractivity contribution in [2.24, 2.45) is 5.14 Å². The van der Waals surface area contributed by atoms with E-state index in [0.717, 1.165) is 25.0 Å². The van der Waals surface area contributed by atoms with Gasteiger partial charge < -0.3 is 9.30 Å². The topological polar surface area (TPSA) is 91.4 Å². The number of hydrogen-bond donors (Lipinski definition) is 1. The Hall–Kier alpha value is -2.90. The number of hydrogen-bond acceptors (Lipinski definition) is 4. The first-order valence-corrected chi connectivity index (χ1v) is 12.3. The number of rotatable bonds is 7. The molecular formula is C25H28N2O4S. The number of primary sulfonamides is 1. The van der Waals surface area contributed by atoms with Crippen LogP contribution in [0, 0.1) is 0 Å². The lowest BCUT2D eigenvalue weighted by Gasteiger charge is -2.37. The largest absolute Gasteiger partial charge is 0.490 e. The molecule has 1 aliphatic rings. The van der Waals surface area contributed by atoms with Gasteiger partial charge in [-0.25, -0.2) is 13.6 Å². The molecule has 168 valence electrons. The van der Waals surface area contributed by atoms with Gasteiger partial charge in [0.25, 0.3) is 0 Å². The molecule has 0 fully saturated rings. The van der Waals surface area contributed by atoms with Crippen LogP contribution >= 0.6 is 0 Å². The van der Waals surface area contributed by atoms with E-state index in [1.807, 2.05) is 24.3 Å². The summed E-state index contributed by atoms with van der Waals surface area (Å²) in [6.45, 7) is 4.47. The van der Waals surface area contributed by atoms with Gasteiger partial charge >= 0.3 is 0 Å². The van der Waals surface area contributed by atoms with Crippen LogP contribution in [0.4, 0.5) is 0 Å². The Bertz CT molecular complexity index is 1230. The lowest BCUT2D eigenvalue weighted by Crippen LogP contribution is -2.34. The van der Waals surface area contributed by atoms with Crippen LogP contribution in [0.25, 0.3) is 5.69 Å². The van der Waals surface area contributed by atoms with Crippen molar-refractivity contribution >= 4 is 15.8 Å². The lowest BCUT2D eigenvalue weighted by molar-refractivity contribution is 0.0951. The van der Waals surface area contributed by atoms with Gasteiger partial charge in [-0.05, 0) is 72.7 Å². The third-order valence-electron chi connectivity index (χ3n) is 6.06. The van der Waals surface area contributed by atoms with Crippen molar-refractivity contribution in [2.45, 2.75) is 55.9 Å². The van der Waals surface area contributed by atoms with E-state index in [2.05, 4.69) is 19.9 Å². The fraction of sp³-hybridized carbons (Fsp3) is 0.320. The third-order valence-corrected chi connectivity index (χ3v) is 6.98. The average Bonchev–Trinajstić information content (AvgIpc) is 3.23. The van der Waals surface area contributed by atoms with Crippen molar-refractivity contribution in [3.8, 4) is 11.4 Å². The van der Waals surface area contributed by atoms with E-state index in [1.54, 1.807) is 29.0 Å². The van der Waals surface area contributed by atoms with Gasteiger partial charge in [-0.3, -0.25) is 4.79 Å². The molecule has 0 saturated heterocycles. The van der Waals surface area contributed by atoms with Crippen LogP contribution in [0.1, 0.15) is 55.6 Å². The van der Waals surface area contributed by atoms with Gasteiger partial charge in [0.1, 0.15) is 5.75 Å². The average molecular weight is 453 g/mol. The SMILES string of the molecule is CC1(C)CC(CCCC(=O)c2cccn2-c2ccc(S(N)(=O)=O)cc2)Oc2ccccc21. The van der Waals surface area contributed by atoms with Gasteiger partial charge in [0.15, 0.2) is 5.78 Å².